The molecule has 0 fully saturated rings. The van der Waals surface area contributed by atoms with Crippen LogP contribution in [0.3, 0.4) is 0 Å². The molecule has 0 aromatic rings. The van der Waals surface area contributed by atoms with Crippen molar-refractivity contribution >= 4 is 5.91 Å². The van der Waals surface area contributed by atoms with Gasteiger partial charge >= 0.3 is 0 Å². The van der Waals surface area contributed by atoms with Crippen molar-refractivity contribution in [3.63, 3.8) is 0 Å². The molecule has 1 aliphatic rings. The largest absolute Gasteiger partial charge is 0.273 e. The molecule has 1 N–H and O–H groups in total. The topological polar surface area (TPSA) is 52.9 Å². The van der Waals surface area contributed by atoms with E-state index in [-0.39, 0.29) is 0 Å². The van der Waals surface area contributed by atoms with Gasteiger partial charge in [0.1, 0.15) is 5.83 Å². The van der Waals surface area contributed by atoms with Crippen LogP contribution in [0.1, 0.15) is 0 Å². The number of nitrogens with one attached hydrogen (secondary N) is 1. The van der Waals surface area contributed by atoms with E-state index in [0.717, 1.165) is 0 Å². The van der Waals surface area contributed by atoms with Crippen molar-refractivity contribution in [2.75, 3.05) is 0 Å². The molecule has 3 nitrogen and oxygen atoms in total. The van der Waals surface area contributed by atoms with E-state index in [1.165, 1.54) is 36.6 Å². The zero-order valence-electron chi connectivity index (χ0n) is 6.70. The van der Waals surface area contributed by atoms with E-state index in [9.17, 15) is 9.18 Å². The van der Waals surface area contributed by atoms with Gasteiger partial charge in [-0.05, 0) is 12.2 Å². The molecule has 0 spiro atoms. The van der Waals surface area contributed by atoms with Crippen molar-refractivity contribution < 1.29 is 9.18 Å². The Kier molecular flexibility index (Phi) is 2.98. The van der Waals surface area contributed by atoms with E-state index < -0.39 is 17.7 Å². The van der Waals surface area contributed by atoms with Gasteiger partial charge in [-0.3, -0.25) is 10.1 Å². The highest BCUT2D eigenvalue weighted by molar-refractivity contribution is 5.83. The maximum absolute atomic E-state index is 12.6. The number of nitrogens with zero attached hydrogens (tertiary/aromatic N) is 1. The second-order valence-corrected chi connectivity index (χ2v) is 2.42. The molecule has 0 aromatic carbocycles. The molecule has 1 atom stereocenters. The van der Waals surface area contributed by atoms with Crippen molar-refractivity contribution in [1.29, 1.82) is 5.26 Å². The number of carbonyl (C=O) groups is 1. The molecule has 66 valence electrons. The third-order valence-corrected chi connectivity index (χ3v) is 1.52. The predicted molar refractivity (Wildman–Crippen MR) is 44.7 cm³/mol. The quantitative estimate of drug-likeness (QED) is 0.484. The molecule has 0 saturated carbocycles. The number of allylic oxidation sites excluding steroid dienone is 4. The number of hydrogen-bond acceptors (Lipinski definition) is 2. The van der Waals surface area contributed by atoms with Crippen molar-refractivity contribution in [2.24, 2.45) is 5.92 Å². The van der Waals surface area contributed by atoms with E-state index in [1.54, 1.807) is 0 Å². The molecule has 1 unspecified atom stereocenters. The third-order valence-electron chi connectivity index (χ3n) is 1.52. The Labute approximate surface area is 74.9 Å². The van der Waals surface area contributed by atoms with Crippen LogP contribution in [0, 0.1) is 17.4 Å². The third kappa shape index (κ3) is 2.56. The Hall–Kier alpha value is -1.89. The first-order chi connectivity index (χ1) is 6.24. The molecule has 0 aliphatic heterocycles. The Balaban J connectivity index is 2.71. The summed E-state index contributed by atoms with van der Waals surface area (Å²) >= 11 is 0. The van der Waals surface area contributed by atoms with Gasteiger partial charge in [0.25, 0.3) is 0 Å². The molecular formula is C9H7FN2O. The van der Waals surface area contributed by atoms with E-state index >= 15 is 0 Å². The van der Waals surface area contributed by atoms with E-state index in [4.69, 9.17) is 5.26 Å². The molecule has 0 heterocycles. The summed E-state index contributed by atoms with van der Waals surface area (Å²) in [7, 11) is 0. The summed E-state index contributed by atoms with van der Waals surface area (Å²) in [5, 5.41) is 10.1. The van der Waals surface area contributed by atoms with Crippen LogP contribution >= 0.6 is 0 Å². The summed E-state index contributed by atoms with van der Waals surface area (Å²) in [6.07, 6.45) is 8.30. The standard InChI is InChI=1S/C9H7FN2O/c10-8-3-1-2-7(4-5-8)9(13)12-6-11/h1-5,7H,(H,12,13). The number of nitriles is 1. The lowest BCUT2D eigenvalue weighted by molar-refractivity contribution is -0.121. The van der Waals surface area contributed by atoms with Crippen LogP contribution in [0.4, 0.5) is 4.39 Å². The van der Waals surface area contributed by atoms with Crippen LogP contribution in [0.15, 0.2) is 36.2 Å². The van der Waals surface area contributed by atoms with Crippen molar-refractivity contribution in [2.45, 2.75) is 0 Å². The molecule has 1 amide bonds. The molecule has 0 radical (unpaired) electrons. The molecule has 1 aliphatic carbocycles. The van der Waals surface area contributed by atoms with Gasteiger partial charge in [0.15, 0.2) is 6.19 Å². The van der Waals surface area contributed by atoms with Crippen LogP contribution < -0.4 is 5.32 Å². The fourth-order valence-corrected chi connectivity index (χ4v) is 0.896. The fourth-order valence-electron chi connectivity index (χ4n) is 0.896. The normalized spacial score (nSPS) is 20.0. The van der Waals surface area contributed by atoms with Crippen molar-refractivity contribution in [1.82, 2.24) is 5.32 Å². The monoisotopic (exact) mass is 178 g/mol. The minimum absolute atomic E-state index is 0.413. The molecule has 4 heteroatoms. The summed E-state index contributed by atoms with van der Waals surface area (Å²) in [6, 6.07) is 0. The van der Waals surface area contributed by atoms with Gasteiger partial charge in [-0.15, -0.1) is 0 Å². The first kappa shape index (κ1) is 9.20. The highest BCUT2D eigenvalue weighted by Crippen LogP contribution is 2.10. The summed E-state index contributed by atoms with van der Waals surface area (Å²) in [5.74, 6) is -1.45. The van der Waals surface area contributed by atoms with Gasteiger partial charge < -0.3 is 0 Å². The minimum Gasteiger partial charge on any atom is -0.273 e. The Morgan fingerprint density at radius 1 is 1.62 bits per heavy atom. The smallest absolute Gasteiger partial charge is 0.243 e. The zero-order valence-corrected chi connectivity index (χ0v) is 6.70. The maximum Gasteiger partial charge on any atom is 0.243 e. The van der Waals surface area contributed by atoms with Gasteiger partial charge in [-0.25, -0.2) is 4.39 Å². The van der Waals surface area contributed by atoms with E-state index in [1.807, 2.05) is 5.32 Å². The minimum atomic E-state index is -0.579. The summed E-state index contributed by atoms with van der Waals surface area (Å²) < 4.78 is 12.6. The average molecular weight is 178 g/mol. The number of halogens is 1. The molecule has 1 rings (SSSR count). The number of hydrogen-bond donors (Lipinski definition) is 1. The predicted octanol–water partition coefficient (Wildman–Crippen LogP) is 1.18. The summed E-state index contributed by atoms with van der Waals surface area (Å²) in [6.45, 7) is 0. The average Bonchev–Trinajstić information content (AvgIpc) is 2.30. The lowest BCUT2D eigenvalue weighted by Gasteiger charge is -2.01. The number of amides is 1. The van der Waals surface area contributed by atoms with Crippen molar-refractivity contribution in [3.8, 4) is 6.19 Å². The fraction of sp³-hybridized carbons (Fsp3) is 0.111. The second kappa shape index (κ2) is 4.21. The lowest BCUT2D eigenvalue weighted by Crippen LogP contribution is -2.24. The maximum atomic E-state index is 12.6. The first-order valence-corrected chi connectivity index (χ1v) is 3.65. The van der Waals surface area contributed by atoms with E-state index in [2.05, 4.69) is 0 Å². The highest BCUT2D eigenvalue weighted by atomic mass is 19.1. The molecule has 0 aromatic heterocycles. The van der Waals surface area contributed by atoms with E-state index in [0.29, 0.717) is 0 Å². The SMILES string of the molecule is N#CNC(=O)C1C=CC=C(F)C=C1. The first-order valence-electron chi connectivity index (χ1n) is 3.65. The Bertz CT molecular complexity index is 336. The van der Waals surface area contributed by atoms with Gasteiger partial charge in [0.05, 0.1) is 5.92 Å². The van der Waals surface area contributed by atoms with Gasteiger partial charge in [-0.1, -0.05) is 18.2 Å². The van der Waals surface area contributed by atoms with Gasteiger partial charge in [0, 0.05) is 0 Å². The molecule has 0 bridgehead atoms. The lowest BCUT2D eigenvalue weighted by atomic mass is 10.1. The molecule has 13 heavy (non-hydrogen) atoms. The van der Waals surface area contributed by atoms with Crippen LogP contribution in [-0.4, -0.2) is 5.91 Å². The zero-order chi connectivity index (χ0) is 9.68. The molecular weight excluding hydrogens is 171 g/mol. The molecule has 0 saturated heterocycles. The van der Waals surface area contributed by atoms with Crippen LogP contribution in [0.2, 0.25) is 0 Å². The van der Waals surface area contributed by atoms with Gasteiger partial charge in [-0.2, -0.15) is 5.26 Å². The Morgan fingerprint density at radius 2 is 2.38 bits per heavy atom. The number of carbonyl (C=O) groups excluding carboxylic acids is 1. The van der Waals surface area contributed by atoms with Crippen molar-refractivity contribution in [3.05, 3.63) is 36.2 Å². The summed E-state index contributed by atoms with van der Waals surface area (Å²) in [5.41, 5.74) is 0. The Morgan fingerprint density at radius 3 is 3.08 bits per heavy atom. The number of rotatable bonds is 1. The highest BCUT2D eigenvalue weighted by Gasteiger charge is 2.12. The van der Waals surface area contributed by atoms with Gasteiger partial charge in [0.2, 0.25) is 5.91 Å². The summed E-state index contributed by atoms with van der Waals surface area (Å²) in [4.78, 5) is 11.1. The second-order valence-electron chi connectivity index (χ2n) is 2.42. The van der Waals surface area contributed by atoms with Crippen LogP contribution in [0.25, 0.3) is 0 Å². The van der Waals surface area contributed by atoms with Crippen LogP contribution in [0.5, 0.6) is 0 Å². The van der Waals surface area contributed by atoms with Crippen LogP contribution in [-0.2, 0) is 4.79 Å².